The molecule has 1 amide bonds. The van der Waals surface area contributed by atoms with Gasteiger partial charge in [-0.25, -0.2) is 4.98 Å². The van der Waals surface area contributed by atoms with Gasteiger partial charge < -0.3 is 4.90 Å². The Bertz CT molecular complexity index is 541. The van der Waals surface area contributed by atoms with Crippen LogP contribution in [-0.4, -0.2) is 33.9 Å². The highest BCUT2D eigenvalue weighted by Gasteiger charge is 2.26. The lowest BCUT2D eigenvalue weighted by Crippen LogP contribution is -2.39. The molecule has 0 aliphatic carbocycles. The Morgan fingerprint density at radius 3 is 3.11 bits per heavy atom. The zero-order chi connectivity index (χ0) is 13.1. The molecule has 1 saturated heterocycles. The largest absolute Gasteiger partial charge is 0.338 e. The first-order valence-electron chi connectivity index (χ1n) is 6.43. The van der Waals surface area contributed by atoms with Crippen molar-refractivity contribution in [1.29, 1.82) is 0 Å². The second-order valence-electron chi connectivity index (χ2n) is 4.70. The van der Waals surface area contributed by atoms with E-state index in [1.165, 1.54) is 0 Å². The van der Waals surface area contributed by atoms with Crippen LogP contribution in [0.5, 0.6) is 0 Å². The van der Waals surface area contributed by atoms with Gasteiger partial charge in [0.2, 0.25) is 0 Å². The lowest BCUT2D eigenvalue weighted by Gasteiger charge is -2.31. The van der Waals surface area contributed by atoms with E-state index in [0.717, 1.165) is 30.9 Å². The van der Waals surface area contributed by atoms with Crippen molar-refractivity contribution in [2.24, 2.45) is 0 Å². The van der Waals surface area contributed by atoms with E-state index in [0.29, 0.717) is 11.5 Å². The molecule has 0 aromatic carbocycles. The Hall–Kier alpha value is -1.75. The molecule has 1 atom stereocenters. The first kappa shape index (κ1) is 12.3. The summed E-state index contributed by atoms with van der Waals surface area (Å²) in [6.45, 7) is 1.59. The summed E-state index contributed by atoms with van der Waals surface area (Å²) in [6, 6.07) is 3.62. The van der Waals surface area contributed by atoms with Crippen LogP contribution in [0.4, 0.5) is 0 Å². The molecule has 1 aliphatic rings. The molecule has 5 heteroatoms. The number of hydrogen-bond donors (Lipinski definition) is 0. The molecule has 0 saturated carbocycles. The molecule has 1 unspecified atom stereocenters. The summed E-state index contributed by atoms with van der Waals surface area (Å²) in [5, 5.41) is 3.14. The number of pyridine rings is 1. The summed E-state index contributed by atoms with van der Waals surface area (Å²) < 4.78 is 0. The van der Waals surface area contributed by atoms with E-state index in [2.05, 4.69) is 9.97 Å². The molecular formula is C14H15N3OS. The average molecular weight is 273 g/mol. The highest BCUT2D eigenvalue weighted by Crippen LogP contribution is 2.28. The second-order valence-corrected chi connectivity index (χ2v) is 5.63. The van der Waals surface area contributed by atoms with Crippen LogP contribution in [0.1, 0.15) is 34.1 Å². The molecule has 19 heavy (non-hydrogen) atoms. The van der Waals surface area contributed by atoms with Crippen molar-refractivity contribution in [3.8, 4) is 0 Å². The molecule has 0 spiro atoms. The third-order valence-corrected chi connectivity index (χ3v) is 4.36. The number of hydrogen-bond acceptors (Lipinski definition) is 4. The molecule has 4 nitrogen and oxygen atoms in total. The van der Waals surface area contributed by atoms with Crippen LogP contribution in [0, 0.1) is 0 Å². The van der Waals surface area contributed by atoms with Gasteiger partial charge in [-0.3, -0.25) is 9.78 Å². The van der Waals surface area contributed by atoms with Gasteiger partial charge in [0.25, 0.3) is 5.91 Å². The summed E-state index contributed by atoms with van der Waals surface area (Å²) in [4.78, 5) is 22.7. The Balaban J connectivity index is 1.73. The summed E-state index contributed by atoms with van der Waals surface area (Å²) >= 11 is 1.68. The summed E-state index contributed by atoms with van der Waals surface area (Å²) in [6.07, 6.45) is 7.31. The maximum absolute atomic E-state index is 12.4. The predicted molar refractivity (Wildman–Crippen MR) is 74.2 cm³/mol. The second kappa shape index (κ2) is 5.48. The number of carbonyl (C=O) groups excluding carboxylic acids is 1. The van der Waals surface area contributed by atoms with E-state index in [-0.39, 0.29) is 5.91 Å². The molecule has 2 aromatic heterocycles. The molecule has 0 bridgehead atoms. The minimum Gasteiger partial charge on any atom is -0.338 e. The first-order valence-corrected chi connectivity index (χ1v) is 7.31. The molecule has 1 fully saturated rings. The molecule has 2 aromatic rings. The zero-order valence-corrected chi connectivity index (χ0v) is 11.3. The molecule has 3 rings (SSSR count). The number of likely N-dealkylation sites (tertiary alicyclic amines) is 1. The lowest BCUT2D eigenvalue weighted by atomic mass is 9.98. The third-order valence-electron chi connectivity index (χ3n) is 3.42. The third kappa shape index (κ3) is 2.66. The van der Waals surface area contributed by atoms with E-state index < -0.39 is 0 Å². The van der Waals surface area contributed by atoms with Crippen LogP contribution in [-0.2, 0) is 0 Å². The normalized spacial score (nSPS) is 19.4. The maximum Gasteiger partial charge on any atom is 0.255 e. The highest BCUT2D eigenvalue weighted by atomic mass is 32.1. The van der Waals surface area contributed by atoms with Crippen LogP contribution in [0.15, 0.2) is 36.1 Å². The number of carbonyl (C=O) groups is 1. The van der Waals surface area contributed by atoms with E-state index in [4.69, 9.17) is 0 Å². The van der Waals surface area contributed by atoms with Gasteiger partial charge >= 0.3 is 0 Å². The lowest BCUT2D eigenvalue weighted by molar-refractivity contribution is 0.0706. The number of aromatic nitrogens is 2. The van der Waals surface area contributed by atoms with Crippen molar-refractivity contribution in [1.82, 2.24) is 14.9 Å². The minimum absolute atomic E-state index is 0.0781. The Kier molecular flexibility index (Phi) is 3.55. The van der Waals surface area contributed by atoms with Gasteiger partial charge in [0.1, 0.15) is 0 Å². The van der Waals surface area contributed by atoms with E-state index in [1.807, 2.05) is 22.5 Å². The monoisotopic (exact) mass is 273 g/mol. The predicted octanol–water partition coefficient (Wildman–Crippen LogP) is 2.56. The van der Waals surface area contributed by atoms with Gasteiger partial charge in [-0.1, -0.05) is 0 Å². The zero-order valence-electron chi connectivity index (χ0n) is 10.5. The Labute approximate surface area is 116 Å². The SMILES string of the molecule is O=C(c1cccnc1)N1CCCC(c2nccs2)C1. The van der Waals surface area contributed by atoms with Crippen LogP contribution in [0.3, 0.4) is 0 Å². The summed E-state index contributed by atoms with van der Waals surface area (Å²) in [7, 11) is 0. The quantitative estimate of drug-likeness (QED) is 0.844. The molecule has 1 aliphatic heterocycles. The van der Waals surface area contributed by atoms with Gasteiger partial charge in [0, 0.05) is 43.0 Å². The summed E-state index contributed by atoms with van der Waals surface area (Å²) in [5.41, 5.74) is 0.669. The fraction of sp³-hybridized carbons (Fsp3) is 0.357. The van der Waals surface area contributed by atoms with E-state index in [9.17, 15) is 4.79 Å². The van der Waals surface area contributed by atoms with Crippen molar-refractivity contribution < 1.29 is 4.79 Å². The van der Waals surface area contributed by atoms with Crippen molar-refractivity contribution in [2.45, 2.75) is 18.8 Å². The van der Waals surface area contributed by atoms with Gasteiger partial charge in [-0.05, 0) is 25.0 Å². The topological polar surface area (TPSA) is 46.1 Å². The standard InChI is InChI=1S/C14H15N3OS/c18-14(11-3-1-5-15-9-11)17-7-2-4-12(10-17)13-16-6-8-19-13/h1,3,5-6,8-9,12H,2,4,7,10H2. The van der Waals surface area contributed by atoms with Crippen molar-refractivity contribution >= 4 is 17.2 Å². The maximum atomic E-state index is 12.4. The Morgan fingerprint density at radius 2 is 2.37 bits per heavy atom. The number of piperidine rings is 1. The smallest absolute Gasteiger partial charge is 0.255 e. The van der Waals surface area contributed by atoms with E-state index in [1.54, 1.807) is 29.8 Å². The fourth-order valence-corrected chi connectivity index (χ4v) is 3.24. The average Bonchev–Trinajstić information content (AvgIpc) is 3.02. The minimum atomic E-state index is 0.0781. The van der Waals surface area contributed by atoms with Crippen LogP contribution >= 0.6 is 11.3 Å². The van der Waals surface area contributed by atoms with Crippen molar-refractivity contribution in [3.63, 3.8) is 0 Å². The molecular weight excluding hydrogens is 258 g/mol. The molecule has 98 valence electrons. The van der Waals surface area contributed by atoms with Gasteiger partial charge in [-0.2, -0.15) is 0 Å². The number of amides is 1. The highest BCUT2D eigenvalue weighted by molar-refractivity contribution is 7.09. The molecule has 3 heterocycles. The first-order chi connectivity index (χ1) is 9.34. The van der Waals surface area contributed by atoms with Crippen LogP contribution in [0.2, 0.25) is 0 Å². The number of thiazole rings is 1. The van der Waals surface area contributed by atoms with E-state index >= 15 is 0 Å². The summed E-state index contributed by atoms with van der Waals surface area (Å²) in [5.74, 6) is 0.462. The van der Waals surface area contributed by atoms with Gasteiger partial charge in [-0.15, -0.1) is 11.3 Å². The molecule has 0 radical (unpaired) electrons. The van der Waals surface area contributed by atoms with Gasteiger partial charge in [0.05, 0.1) is 10.6 Å². The van der Waals surface area contributed by atoms with Gasteiger partial charge in [0.15, 0.2) is 0 Å². The Morgan fingerprint density at radius 1 is 1.42 bits per heavy atom. The number of nitrogens with zero attached hydrogens (tertiary/aromatic N) is 3. The van der Waals surface area contributed by atoms with Crippen molar-refractivity contribution in [3.05, 3.63) is 46.7 Å². The fourth-order valence-electron chi connectivity index (χ4n) is 2.47. The van der Waals surface area contributed by atoms with Crippen molar-refractivity contribution in [2.75, 3.05) is 13.1 Å². The number of rotatable bonds is 2. The van der Waals surface area contributed by atoms with Crippen LogP contribution < -0.4 is 0 Å². The van der Waals surface area contributed by atoms with Crippen LogP contribution in [0.25, 0.3) is 0 Å². The molecule has 0 N–H and O–H groups in total.